The van der Waals surface area contributed by atoms with Crippen LogP contribution in [0.2, 0.25) is 0 Å². The van der Waals surface area contributed by atoms with Gasteiger partial charge in [-0.1, -0.05) is 18.2 Å². The number of benzene rings is 2. The van der Waals surface area contributed by atoms with Gasteiger partial charge in [-0.05, 0) is 42.7 Å². The first-order chi connectivity index (χ1) is 14.5. The molecule has 0 spiro atoms. The number of anilines is 1. The second kappa shape index (κ2) is 7.56. The van der Waals surface area contributed by atoms with E-state index in [2.05, 4.69) is 6.07 Å². The van der Waals surface area contributed by atoms with Gasteiger partial charge in [0.1, 0.15) is 11.6 Å². The molecule has 1 aliphatic heterocycles. The number of hydrogen-bond donors (Lipinski definition) is 2. The van der Waals surface area contributed by atoms with Crippen molar-refractivity contribution in [3.05, 3.63) is 76.5 Å². The van der Waals surface area contributed by atoms with Gasteiger partial charge in [-0.25, -0.2) is 4.39 Å². The first kappa shape index (κ1) is 19.5. The zero-order valence-electron chi connectivity index (χ0n) is 16.4. The van der Waals surface area contributed by atoms with Gasteiger partial charge in [-0.15, -0.1) is 0 Å². The summed E-state index contributed by atoms with van der Waals surface area (Å²) in [6.07, 6.45) is 1.48. The summed E-state index contributed by atoms with van der Waals surface area (Å²) in [5.74, 6) is -1.04. The lowest BCUT2D eigenvalue weighted by Crippen LogP contribution is -2.39. The van der Waals surface area contributed by atoms with E-state index in [1.807, 2.05) is 0 Å². The third kappa shape index (κ3) is 2.98. The summed E-state index contributed by atoms with van der Waals surface area (Å²) >= 11 is 0. The van der Waals surface area contributed by atoms with Crippen molar-refractivity contribution in [2.75, 3.05) is 12.0 Å². The Labute approximate surface area is 173 Å². The molecule has 7 heteroatoms. The SMILES string of the molecule is COc1cc(C2C(C#N)=C(N)N(c3ccccc3F)C3=C2C(=O)CCC3)ccc1O. The molecule has 2 aromatic carbocycles. The monoisotopic (exact) mass is 405 g/mol. The van der Waals surface area contributed by atoms with E-state index in [1.165, 1.54) is 24.1 Å². The molecule has 0 fully saturated rings. The summed E-state index contributed by atoms with van der Waals surface area (Å²) in [6, 6.07) is 13.0. The smallest absolute Gasteiger partial charge is 0.161 e. The first-order valence-electron chi connectivity index (χ1n) is 9.55. The molecule has 1 unspecified atom stereocenters. The van der Waals surface area contributed by atoms with Gasteiger partial charge in [0.25, 0.3) is 0 Å². The molecular formula is C23H20FN3O3. The largest absolute Gasteiger partial charge is 0.504 e. The lowest BCUT2D eigenvalue weighted by molar-refractivity contribution is -0.116. The minimum absolute atomic E-state index is 0.0512. The third-order valence-corrected chi connectivity index (χ3v) is 5.54. The fourth-order valence-electron chi connectivity index (χ4n) is 4.20. The van der Waals surface area contributed by atoms with Gasteiger partial charge in [0, 0.05) is 17.7 Å². The fraction of sp³-hybridized carbons (Fsp3) is 0.217. The van der Waals surface area contributed by atoms with Crippen molar-refractivity contribution in [2.24, 2.45) is 5.73 Å². The Morgan fingerprint density at radius 1 is 1.27 bits per heavy atom. The molecule has 2 aromatic rings. The normalized spacial score (nSPS) is 18.9. The van der Waals surface area contributed by atoms with E-state index in [0.29, 0.717) is 36.1 Å². The second-order valence-electron chi connectivity index (χ2n) is 7.20. The Morgan fingerprint density at radius 3 is 2.73 bits per heavy atom. The minimum atomic E-state index is -0.713. The molecule has 0 bridgehead atoms. The van der Waals surface area contributed by atoms with Crippen molar-refractivity contribution in [3.63, 3.8) is 0 Å². The van der Waals surface area contributed by atoms with E-state index >= 15 is 0 Å². The zero-order valence-corrected chi connectivity index (χ0v) is 16.4. The van der Waals surface area contributed by atoms with Crippen LogP contribution in [-0.2, 0) is 4.79 Å². The maximum atomic E-state index is 14.6. The number of rotatable bonds is 3. The molecule has 0 aromatic heterocycles. The van der Waals surface area contributed by atoms with Gasteiger partial charge in [-0.3, -0.25) is 9.69 Å². The Balaban J connectivity index is 1.99. The molecular weight excluding hydrogens is 385 g/mol. The maximum Gasteiger partial charge on any atom is 0.161 e. The van der Waals surface area contributed by atoms with Crippen LogP contribution in [0.1, 0.15) is 30.7 Å². The van der Waals surface area contributed by atoms with E-state index in [4.69, 9.17) is 10.5 Å². The minimum Gasteiger partial charge on any atom is -0.504 e. The van der Waals surface area contributed by atoms with Crippen molar-refractivity contribution < 1.29 is 19.0 Å². The van der Waals surface area contributed by atoms with Crippen LogP contribution < -0.4 is 15.4 Å². The average molecular weight is 405 g/mol. The number of carbonyl (C=O) groups is 1. The summed E-state index contributed by atoms with van der Waals surface area (Å²) in [6.45, 7) is 0. The van der Waals surface area contributed by atoms with Crippen LogP contribution in [-0.4, -0.2) is 18.0 Å². The molecule has 4 rings (SSSR count). The van der Waals surface area contributed by atoms with E-state index in [-0.39, 0.29) is 34.4 Å². The second-order valence-corrected chi connectivity index (χ2v) is 7.20. The molecule has 0 radical (unpaired) electrons. The number of aromatic hydroxyl groups is 1. The maximum absolute atomic E-state index is 14.6. The van der Waals surface area contributed by atoms with Crippen molar-refractivity contribution in [1.29, 1.82) is 5.26 Å². The zero-order chi connectivity index (χ0) is 21.4. The highest BCUT2D eigenvalue weighted by molar-refractivity contribution is 6.01. The number of hydrogen-bond acceptors (Lipinski definition) is 6. The number of para-hydroxylation sites is 1. The lowest BCUT2D eigenvalue weighted by atomic mass is 9.75. The van der Waals surface area contributed by atoms with Crippen LogP contribution in [0, 0.1) is 17.1 Å². The molecule has 0 amide bonds. The van der Waals surface area contributed by atoms with Crippen LogP contribution in [0.4, 0.5) is 10.1 Å². The molecule has 1 atom stereocenters. The van der Waals surface area contributed by atoms with Crippen molar-refractivity contribution in [1.82, 2.24) is 0 Å². The summed E-state index contributed by atoms with van der Waals surface area (Å²) in [5, 5.41) is 19.9. The van der Waals surface area contributed by atoms with Crippen molar-refractivity contribution in [3.8, 4) is 17.6 Å². The summed E-state index contributed by atoms with van der Waals surface area (Å²) in [7, 11) is 1.42. The molecule has 0 saturated carbocycles. The highest BCUT2D eigenvalue weighted by atomic mass is 19.1. The predicted molar refractivity (Wildman–Crippen MR) is 109 cm³/mol. The van der Waals surface area contributed by atoms with Gasteiger partial charge in [-0.2, -0.15) is 5.26 Å². The number of carbonyl (C=O) groups excluding carboxylic acids is 1. The Bertz CT molecular complexity index is 1150. The molecule has 6 nitrogen and oxygen atoms in total. The van der Waals surface area contributed by atoms with Crippen LogP contribution in [0.5, 0.6) is 11.5 Å². The van der Waals surface area contributed by atoms with E-state index in [9.17, 15) is 19.6 Å². The molecule has 0 saturated heterocycles. The number of phenolic OH excluding ortho intramolecular Hbond substituents is 1. The summed E-state index contributed by atoms with van der Waals surface area (Å²) in [4.78, 5) is 14.5. The first-order valence-corrected chi connectivity index (χ1v) is 9.55. The highest BCUT2D eigenvalue weighted by Crippen LogP contribution is 2.47. The van der Waals surface area contributed by atoms with Gasteiger partial charge >= 0.3 is 0 Å². The van der Waals surface area contributed by atoms with Gasteiger partial charge in [0.05, 0.1) is 30.4 Å². The van der Waals surface area contributed by atoms with E-state index in [0.717, 1.165) is 0 Å². The topological polar surface area (TPSA) is 99.6 Å². The number of ether oxygens (including phenoxy) is 1. The average Bonchev–Trinajstić information content (AvgIpc) is 2.74. The number of methoxy groups -OCH3 is 1. The highest BCUT2D eigenvalue weighted by Gasteiger charge is 2.41. The Hall–Kier alpha value is -3.79. The van der Waals surface area contributed by atoms with Crippen LogP contribution in [0.25, 0.3) is 0 Å². The number of halogens is 1. The summed E-state index contributed by atoms with van der Waals surface area (Å²) in [5.41, 5.74) is 8.39. The van der Waals surface area contributed by atoms with Crippen molar-refractivity contribution in [2.45, 2.75) is 25.2 Å². The number of ketones is 1. The number of nitrogens with two attached hydrogens (primary N) is 1. The Kier molecular flexibility index (Phi) is 4.92. The van der Waals surface area contributed by atoms with Crippen LogP contribution >= 0.6 is 0 Å². The molecule has 152 valence electrons. The van der Waals surface area contributed by atoms with Gasteiger partial charge in [0.15, 0.2) is 17.3 Å². The van der Waals surface area contributed by atoms with Gasteiger partial charge in [0.2, 0.25) is 0 Å². The summed E-state index contributed by atoms with van der Waals surface area (Å²) < 4.78 is 19.8. The van der Waals surface area contributed by atoms with Crippen LogP contribution in [0.3, 0.4) is 0 Å². The van der Waals surface area contributed by atoms with E-state index in [1.54, 1.807) is 30.3 Å². The molecule has 3 N–H and O–H groups in total. The lowest BCUT2D eigenvalue weighted by Gasteiger charge is -2.39. The molecule has 1 aliphatic carbocycles. The number of Topliss-reactive ketones (excluding diaryl/α,β-unsaturated/α-hetero) is 1. The molecule has 1 heterocycles. The van der Waals surface area contributed by atoms with Crippen molar-refractivity contribution >= 4 is 11.5 Å². The predicted octanol–water partition coefficient (Wildman–Crippen LogP) is 3.84. The third-order valence-electron chi connectivity index (χ3n) is 5.54. The van der Waals surface area contributed by atoms with Gasteiger partial charge < -0.3 is 15.6 Å². The van der Waals surface area contributed by atoms with Crippen LogP contribution in [0.15, 0.2) is 65.1 Å². The Morgan fingerprint density at radius 2 is 2.03 bits per heavy atom. The number of nitriles is 1. The number of allylic oxidation sites excluding steroid dienone is 3. The number of phenols is 1. The molecule has 2 aliphatic rings. The quantitative estimate of drug-likeness (QED) is 0.805. The van der Waals surface area contributed by atoms with E-state index < -0.39 is 11.7 Å². The molecule has 30 heavy (non-hydrogen) atoms. The number of nitrogens with zero attached hydrogens (tertiary/aromatic N) is 2. The fourth-order valence-corrected chi connectivity index (χ4v) is 4.20. The standard InChI is InChI=1S/C23H20FN3O3/c1-30-20-11-13(9-10-18(20)28)21-14(12-25)23(26)27(16-6-3-2-5-15(16)24)17-7-4-8-19(29)22(17)21/h2-3,5-6,9-11,21,28H,4,7-8,26H2,1H3.